The summed E-state index contributed by atoms with van der Waals surface area (Å²) in [5.74, 6) is -0.0999. The summed E-state index contributed by atoms with van der Waals surface area (Å²) < 4.78 is 6.17. The summed E-state index contributed by atoms with van der Waals surface area (Å²) in [4.78, 5) is 29.2. The van der Waals surface area contributed by atoms with E-state index in [-0.39, 0.29) is 11.8 Å². The van der Waals surface area contributed by atoms with E-state index in [4.69, 9.17) is 4.42 Å². The number of nitrogens with zero attached hydrogens (tertiary/aromatic N) is 1. The zero-order valence-electron chi connectivity index (χ0n) is 13.6. The second-order valence-electron chi connectivity index (χ2n) is 5.52. The van der Waals surface area contributed by atoms with Gasteiger partial charge in [0.2, 0.25) is 11.8 Å². The van der Waals surface area contributed by atoms with Crippen molar-refractivity contribution >= 4 is 49.5 Å². The Hall–Kier alpha value is -2.25. The fourth-order valence-electron chi connectivity index (χ4n) is 2.31. The number of rotatable bonds is 4. The van der Waals surface area contributed by atoms with Gasteiger partial charge in [0.25, 0.3) is 0 Å². The lowest BCUT2D eigenvalue weighted by atomic mass is 10.2. The molecule has 1 unspecified atom stereocenters. The van der Waals surface area contributed by atoms with Crippen molar-refractivity contribution in [2.45, 2.75) is 19.9 Å². The monoisotopic (exact) mass is 418 g/mol. The van der Waals surface area contributed by atoms with Gasteiger partial charge in [0.1, 0.15) is 10.9 Å². The summed E-state index contributed by atoms with van der Waals surface area (Å²) in [5.41, 5.74) is 1.31. The Balaban J connectivity index is 1.76. The van der Waals surface area contributed by atoms with Gasteiger partial charge >= 0.3 is 5.63 Å². The molecule has 25 heavy (non-hydrogen) atoms. The van der Waals surface area contributed by atoms with Crippen LogP contribution in [0.3, 0.4) is 0 Å². The van der Waals surface area contributed by atoms with Crippen molar-refractivity contribution in [3.8, 4) is 0 Å². The molecule has 1 amide bonds. The number of aryl methyl sites for hydroxylation is 1. The minimum absolute atomic E-state index is 0.196. The molecule has 0 saturated heterocycles. The standard InChI is InChI=1S/C18H15BrN2O3S/c1-10-9-25-17-15(10)18(23)24-16(21-17)11(2)20-14(22)8-7-12-5-3-4-6-13(12)19/h3-9,11H,1-2H3,(H,20,22)/b8-7+. The molecule has 3 aromatic rings. The van der Waals surface area contributed by atoms with Crippen LogP contribution >= 0.6 is 27.3 Å². The van der Waals surface area contributed by atoms with Crippen LogP contribution in [0.2, 0.25) is 0 Å². The molecule has 128 valence electrons. The largest absolute Gasteiger partial charge is 0.406 e. The van der Waals surface area contributed by atoms with Crippen molar-refractivity contribution in [2.24, 2.45) is 0 Å². The first-order chi connectivity index (χ1) is 12.0. The highest BCUT2D eigenvalue weighted by atomic mass is 79.9. The molecule has 3 rings (SSSR count). The van der Waals surface area contributed by atoms with E-state index >= 15 is 0 Å². The quantitative estimate of drug-likeness (QED) is 0.643. The summed E-state index contributed by atoms with van der Waals surface area (Å²) in [6.07, 6.45) is 3.14. The van der Waals surface area contributed by atoms with Crippen molar-refractivity contribution in [3.05, 3.63) is 67.6 Å². The second-order valence-corrected chi connectivity index (χ2v) is 7.24. The first kappa shape index (κ1) is 17.6. The van der Waals surface area contributed by atoms with Crippen LogP contribution in [0.1, 0.15) is 30.0 Å². The van der Waals surface area contributed by atoms with Gasteiger partial charge in [-0.1, -0.05) is 34.1 Å². The first-order valence-corrected chi connectivity index (χ1v) is 9.25. The number of nitrogens with one attached hydrogen (secondary N) is 1. The van der Waals surface area contributed by atoms with Crippen molar-refractivity contribution in [1.82, 2.24) is 10.3 Å². The number of halogens is 1. The van der Waals surface area contributed by atoms with Crippen LogP contribution in [0, 0.1) is 6.92 Å². The SMILES string of the molecule is Cc1csc2nc(C(C)NC(=O)/C=C/c3ccccc3Br)oc(=O)c12. The van der Waals surface area contributed by atoms with Gasteiger partial charge in [-0.2, -0.15) is 0 Å². The van der Waals surface area contributed by atoms with Crippen molar-refractivity contribution in [3.63, 3.8) is 0 Å². The maximum absolute atomic E-state index is 12.1. The number of hydrogen-bond acceptors (Lipinski definition) is 5. The van der Waals surface area contributed by atoms with Gasteiger partial charge in [-0.3, -0.25) is 4.79 Å². The lowest BCUT2D eigenvalue weighted by molar-refractivity contribution is -0.117. The molecule has 0 radical (unpaired) electrons. The van der Waals surface area contributed by atoms with Gasteiger partial charge < -0.3 is 9.73 Å². The predicted molar refractivity (Wildman–Crippen MR) is 103 cm³/mol. The molecule has 1 N–H and O–H groups in total. The van der Waals surface area contributed by atoms with E-state index in [1.54, 1.807) is 13.0 Å². The third-order valence-electron chi connectivity index (χ3n) is 3.62. The van der Waals surface area contributed by atoms with Crippen LogP contribution in [0.5, 0.6) is 0 Å². The highest BCUT2D eigenvalue weighted by Gasteiger charge is 2.16. The van der Waals surface area contributed by atoms with Gasteiger partial charge in [0.15, 0.2) is 0 Å². The molecular formula is C18H15BrN2O3S. The van der Waals surface area contributed by atoms with Crippen LogP contribution in [-0.2, 0) is 4.79 Å². The van der Waals surface area contributed by atoms with Crippen LogP contribution in [-0.4, -0.2) is 10.9 Å². The molecule has 1 atom stereocenters. The second kappa shape index (κ2) is 7.33. The Bertz CT molecular complexity index is 1020. The van der Waals surface area contributed by atoms with Crippen LogP contribution in [0.15, 0.2) is 49.4 Å². The molecule has 0 aliphatic heterocycles. The predicted octanol–water partition coefficient (Wildman–Crippen LogP) is 4.21. The number of benzene rings is 1. The van der Waals surface area contributed by atoms with Crippen molar-refractivity contribution in [2.75, 3.05) is 0 Å². The summed E-state index contributed by atoms with van der Waals surface area (Å²) in [7, 11) is 0. The highest BCUT2D eigenvalue weighted by Crippen LogP contribution is 2.22. The molecule has 0 fully saturated rings. The summed E-state index contributed by atoms with van der Waals surface area (Å²) in [6, 6.07) is 7.07. The molecule has 0 bridgehead atoms. The van der Waals surface area contributed by atoms with E-state index in [0.717, 1.165) is 15.6 Å². The molecular weight excluding hydrogens is 404 g/mol. The van der Waals surface area contributed by atoms with Gasteiger partial charge in [-0.05, 0) is 42.5 Å². The average molecular weight is 419 g/mol. The summed E-state index contributed by atoms with van der Waals surface area (Å²) >= 11 is 4.81. The maximum atomic E-state index is 12.1. The van der Waals surface area contributed by atoms with Gasteiger partial charge in [-0.15, -0.1) is 11.3 Å². The van der Waals surface area contributed by atoms with E-state index in [1.807, 2.05) is 36.6 Å². The number of fused-ring (bicyclic) bond motifs is 1. The van der Waals surface area contributed by atoms with E-state index in [2.05, 4.69) is 26.2 Å². The number of aromatic nitrogens is 1. The number of thiophene rings is 1. The molecule has 0 aliphatic carbocycles. The topological polar surface area (TPSA) is 72.2 Å². The third-order valence-corrected chi connectivity index (χ3v) is 5.33. The Labute approximate surface area is 156 Å². The maximum Gasteiger partial charge on any atom is 0.348 e. The first-order valence-electron chi connectivity index (χ1n) is 7.57. The van der Waals surface area contributed by atoms with Gasteiger partial charge in [0.05, 0.1) is 5.39 Å². The molecule has 2 heterocycles. The van der Waals surface area contributed by atoms with Crippen molar-refractivity contribution in [1.29, 1.82) is 0 Å². The number of carbonyl (C=O) groups excluding carboxylic acids is 1. The van der Waals surface area contributed by atoms with E-state index < -0.39 is 11.7 Å². The highest BCUT2D eigenvalue weighted by molar-refractivity contribution is 9.10. The molecule has 7 heteroatoms. The Morgan fingerprint density at radius 3 is 2.92 bits per heavy atom. The van der Waals surface area contributed by atoms with Gasteiger partial charge in [0, 0.05) is 10.5 Å². The number of carbonyl (C=O) groups is 1. The zero-order valence-corrected chi connectivity index (χ0v) is 16.0. The zero-order chi connectivity index (χ0) is 18.0. The number of hydrogen-bond donors (Lipinski definition) is 1. The van der Waals surface area contributed by atoms with E-state index in [9.17, 15) is 9.59 Å². The minimum atomic E-state index is -0.518. The van der Waals surface area contributed by atoms with Crippen molar-refractivity contribution < 1.29 is 9.21 Å². The molecule has 1 aromatic carbocycles. The molecule has 2 aromatic heterocycles. The minimum Gasteiger partial charge on any atom is -0.406 e. The molecule has 0 aliphatic rings. The Morgan fingerprint density at radius 1 is 1.40 bits per heavy atom. The van der Waals surface area contributed by atoms with Gasteiger partial charge in [-0.25, -0.2) is 9.78 Å². The molecule has 5 nitrogen and oxygen atoms in total. The summed E-state index contributed by atoms with van der Waals surface area (Å²) in [6.45, 7) is 3.57. The number of amides is 1. The lowest BCUT2D eigenvalue weighted by Crippen LogP contribution is -2.26. The fraction of sp³-hybridized carbons (Fsp3) is 0.167. The van der Waals surface area contributed by atoms with Crippen LogP contribution in [0.25, 0.3) is 16.3 Å². The molecule has 0 spiro atoms. The smallest absolute Gasteiger partial charge is 0.348 e. The van der Waals surface area contributed by atoms with Crippen LogP contribution in [0.4, 0.5) is 0 Å². The lowest BCUT2D eigenvalue weighted by Gasteiger charge is -2.10. The third kappa shape index (κ3) is 3.88. The Kier molecular flexibility index (Phi) is 5.15. The van der Waals surface area contributed by atoms with Crippen LogP contribution < -0.4 is 10.9 Å². The van der Waals surface area contributed by atoms with E-state index in [0.29, 0.717) is 10.2 Å². The normalized spacial score (nSPS) is 12.6. The average Bonchev–Trinajstić information content (AvgIpc) is 2.95. The van der Waals surface area contributed by atoms with E-state index in [1.165, 1.54) is 17.4 Å². The fourth-order valence-corrected chi connectivity index (χ4v) is 3.64. The summed E-state index contributed by atoms with van der Waals surface area (Å²) in [5, 5.41) is 5.12. The molecule has 0 saturated carbocycles. The Morgan fingerprint density at radius 2 is 2.16 bits per heavy atom.